The Hall–Kier alpha value is -1.02. The average molecular weight is 341 g/mol. The zero-order valence-electron chi connectivity index (χ0n) is 15.7. The third-order valence-corrected chi connectivity index (χ3v) is 8.40. The Bertz CT molecular complexity index is 637. The van der Waals surface area contributed by atoms with Crippen LogP contribution in [0, 0.1) is 29.6 Å². The topological polar surface area (TPSA) is 18.5 Å². The van der Waals surface area contributed by atoms with Gasteiger partial charge in [0, 0.05) is 12.0 Å². The lowest BCUT2D eigenvalue weighted by Crippen LogP contribution is -2.40. The summed E-state index contributed by atoms with van der Waals surface area (Å²) < 4.78 is 11.8. The molecule has 1 heterocycles. The van der Waals surface area contributed by atoms with Gasteiger partial charge in [0.1, 0.15) is 5.75 Å². The van der Waals surface area contributed by atoms with Crippen LogP contribution < -0.4 is 4.74 Å². The lowest BCUT2D eigenvalue weighted by atomic mass is 9.60. The van der Waals surface area contributed by atoms with Gasteiger partial charge in [-0.25, -0.2) is 0 Å². The molecular weight excluding hydrogens is 308 g/mol. The minimum Gasteiger partial charge on any atom is -0.465 e. The number of benzene rings is 1. The molecule has 5 rings (SSSR count). The molecule has 4 fully saturated rings. The van der Waals surface area contributed by atoms with Crippen molar-refractivity contribution in [3.63, 3.8) is 0 Å². The maximum Gasteiger partial charge on any atom is 0.202 e. The van der Waals surface area contributed by atoms with Crippen LogP contribution in [0.2, 0.25) is 0 Å². The molecule has 4 aliphatic rings. The van der Waals surface area contributed by atoms with Gasteiger partial charge in [0.05, 0.1) is 6.61 Å². The lowest BCUT2D eigenvalue weighted by Gasteiger charge is -2.44. The summed E-state index contributed by atoms with van der Waals surface area (Å²) in [6.07, 6.45) is 9.64. The molecule has 0 spiro atoms. The highest BCUT2D eigenvalue weighted by atomic mass is 16.7. The van der Waals surface area contributed by atoms with Gasteiger partial charge in [-0.2, -0.15) is 0 Å². The van der Waals surface area contributed by atoms with E-state index in [1.165, 1.54) is 44.1 Å². The fraction of sp³-hybridized carbons (Fsp3) is 0.739. The van der Waals surface area contributed by atoms with E-state index in [0.717, 1.165) is 48.4 Å². The SMILES string of the molecule is CCC(C)(c1ccccc1O[C@@H]1CCO1)C1CC2CC1C1CCCC21. The molecular formula is C23H32O2. The molecule has 6 unspecified atom stereocenters. The fourth-order valence-electron chi connectivity index (χ4n) is 6.94. The van der Waals surface area contributed by atoms with Crippen LogP contribution in [0.5, 0.6) is 5.75 Å². The van der Waals surface area contributed by atoms with Gasteiger partial charge in [-0.1, -0.05) is 38.5 Å². The lowest BCUT2D eigenvalue weighted by molar-refractivity contribution is -0.166. The maximum absolute atomic E-state index is 6.23. The van der Waals surface area contributed by atoms with Crippen molar-refractivity contribution in [2.45, 2.75) is 70.5 Å². The van der Waals surface area contributed by atoms with Crippen molar-refractivity contribution in [2.75, 3.05) is 6.61 Å². The normalized spacial score (nSPS) is 41.2. The molecule has 136 valence electrons. The molecule has 0 aromatic heterocycles. The zero-order chi connectivity index (χ0) is 17.0. The minimum absolute atomic E-state index is 0.0264. The van der Waals surface area contributed by atoms with Crippen LogP contribution in [0.3, 0.4) is 0 Å². The summed E-state index contributed by atoms with van der Waals surface area (Å²) in [6.45, 7) is 5.74. The summed E-state index contributed by atoms with van der Waals surface area (Å²) in [7, 11) is 0. The van der Waals surface area contributed by atoms with Crippen molar-refractivity contribution >= 4 is 0 Å². The monoisotopic (exact) mass is 340 g/mol. The molecule has 0 N–H and O–H groups in total. The van der Waals surface area contributed by atoms with E-state index in [0.29, 0.717) is 0 Å². The quantitative estimate of drug-likeness (QED) is 0.699. The Balaban J connectivity index is 1.47. The van der Waals surface area contributed by atoms with Crippen molar-refractivity contribution in [2.24, 2.45) is 29.6 Å². The number of hydrogen-bond donors (Lipinski definition) is 0. The summed E-state index contributed by atoms with van der Waals surface area (Å²) >= 11 is 0. The van der Waals surface area contributed by atoms with E-state index in [9.17, 15) is 0 Å². The second-order valence-corrected chi connectivity index (χ2v) is 9.23. The van der Waals surface area contributed by atoms with Crippen molar-refractivity contribution in [3.8, 4) is 5.75 Å². The van der Waals surface area contributed by atoms with Gasteiger partial charge < -0.3 is 9.47 Å². The zero-order valence-corrected chi connectivity index (χ0v) is 15.7. The largest absolute Gasteiger partial charge is 0.465 e. The molecule has 2 heteroatoms. The molecule has 3 aliphatic carbocycles. The first kappa shape index (κ1) is 16.2. The molecule has 1 saturated heterocycles. The number of para-hydroxylation sites is 1. The second kappa shape index (κ2) is 6.01. The number of rotatable bonds is 5. The van der Waals surface area contributed by atoms with E-state index in [2.05, 4.69) is 38.1 Å². The Labute approximate surface area is 152 Å². The molecule has 3 saturated carbocycles. The summed E-state index contributed by atoms with van der Waals surface area (Å²) in [5.74, 6) is 5.96. The van der Waals surface area contributed by atoms with E-state index in [4.69, 9.17) is 9.47 Å². The van der Waals surface area contributed by atoms with E-state index in [-0.39, 0.29) is 11.7 Å². The second-order valence-electron chi connectivity index (χ2n) is 9.23. The molecule has 2 nitrogen and oxygen atoms in total. The van der Waals surface area contributed by atoms with Gasteiger partial charge in [0.2, 0.25) is 6.29 Å². The summed E-state index contributed by atoms with van der Waals surface area (Å²) in [5, 5.41) is 0. The minimum atomic E-state index is -0.0264. The van der Waals surface area contributed by atoms with Crippen LogP contribution in [0.1, 0.15) is 64.4 Å². The first-order chi connectivity index (χ1) is 12.2. The van der Waals surface area contributed by atoms with Gasteiger partial charge in [-0.05, 0) is 73.2 Å². The van der Waals surface area contributed by atoms with Crippen LogP contribution in [0.15, 0.2) is 24.3 Å². The maximum atomic E-state index is 6.23. The summed E-state index contributed by atoms with van der Waals surface area (Å²) in [6, 6.07) is 8.80. The molecule has 7 atom stereocenters. The van der Waals surface area contributed by atoms with Crippen molar-refractivity contribution < 1.29 is 9.47 Å². The average Bonchev–Trinajstić information content (AvgIpc) is 3.30. The van der Waals surface area contributed by atoms with Gasteiger partial charge in [-0.3, -0.25) is 0 Å². The molecule has 0 amide bonds. The highest BCUT2D eigenvalue weighted by Crippen LogP contribution is 2.65. The van der Waals surface area contributed by atoms with Crippen LogP contribution in [-0.2, 0) is 10.2 Å². The van der Waals surface area contributed by atoms with Gasteiger partial charge in [0.15, 0.2) is 0 Å². The number of ether oxygens (including phenoxy) is 2. The fourth-order valence-corrected chi connectivity index (χ4v) is 6.94. The molecule has 25 heavy (non-hydrogen) atoms. The molecule has 1 aromatic rings. The third-order valence-electron chi connectivity index (χ3n) is 8.40. The van der Waals surface area contributed by atoms with E-state index in [1.54, 1.807) is 0 Å². The Morgan fingerprint density at radius 2 is 1.88 bits per heavy atom. The van der Waals surface area contributed by atoms with E-state index in [1.807, 2.05) is 0 Å². The Kier molecular flexibility index (Phi) is 3.89. The van der Waals surface area contributed by atoms with Crippen LogP contribution in [0.25, 0.3) is 0 Å². The molecule has 1 aliphatic heterocycles. The first-order valence-corrected chi connectivity index (χ1v) is 10.6. The van der Waals surface area contributed by atoms with Crippen molar-refractivity contribution in [1.29, 1.82) is 0 Å². The Morgan fingerprint density at radius 3 is 2.64 bits per heavy atom. The van der Waals surface area contributed by atoms with Crippen LogP contribution in [-0.4, -0.2) is 12.9 Å². The highest BCUT2D eigenvalue weighted by Gasteiger charge is 2.58. The summed E-state index contributed by atoms with van der Waals surface area (Å²) in [5.41, 5.74) is 1.66. The van der Waals surface area contributed by atoms with Crippen molar-refractivity contribution in [1.82, 2.24) is 0 Å². The predicted octanol–water partition coefficient (Wildman–Crippen LogP) is 5.55. The molecule has 1 aromatic carbocycles. The predicted molar refractivity (Wildman–Crippen MR) is 99.6 cm³/mol. The van der Waals surface area contributed by atoms with Gasteiger partial charge in [0.25, 0.3) is 0 Å². The smallest absolute Gasteiger partial charge is 0.202 e. The molecule has 2 bridgehead atoms. The summed E-state index contributed by atoms with van der Waals surface area (Å²) in [4.78, 5) is 0. The first-order valence-electron chi connectivity index (χ1n) is 10.6. The number of hydrogen-bond acceptors (Lipinski definition) is 2. The van der Waals surface area contributed by atoms with Crippen LogP contribution in [0.4, 0.5) is 0 Å². The molecule has 0 radical (unpaired) electrons. The third kappa shape index (κ3) is 2.40. The van der Waals surface area contributed by atoms with Gasteiger partial charge in [-0.15, -0.1) is 0 Å². The van der Waals surface area contributed by atoms with Gasteiger partial charge >= 0.3 is 0 Å². The number of fused-ring (bicyclic) bond motifs is 5. The van der Waals surface area contributed by atoms with Crippen molar-refractivity contribution in [3.05, 3.63) is 29.8 Å². The van der Waals surface area contributed by atoms with E-state index < -0.39 is 0 Å². The highest BCUT2D eigenvalue weighted by molar-refractivity contribution is 5.41. The Morgan fingerprint density at radius 1 is 1.08 bits per heavy atom. The van der Waals surface area contributed by atoms with Crippen LogP contribution >= 0.6 is 0 Å². The van der Waals surface area contributed by atoms with E-state index >= 15 is 0 Å². The standard InChI is InChI=1S/C23H32O2/c1-3-23(2,19-9-4-5-10-21(19)25-22-11-12-24-22)20-14-15-13-18(20)17-8-6-7-16(15)17/h4-5,9-10,15-18,20,22H,3,6-8,11-14H2,1-2H3/t15?,16?,17?,18?,20?,22-,23?/m1/s1.